The highest BCUT2D eigenvalue weighted by molar-refractivity contribution is 7.71. The Hall–Kier alpha value is -1.62. The number of rotatable bonds is 1. The molecule has 14 heavy (non-hydrogen) atoms. The second-order valence-corrected chi connectivity index (χ2v) is 3.21. The summed E-state index contributed by atoms with van der Waals surface area (Å²) in [4.78, 5) is 15.0. The van der Waals surface area contributed by atoms with Crippen molar-refractivity contribution in [2.45, 2.75) is 6.92 Å². The van der Waals surface area contributed by atoms with E-state index in [1.165, 1.54) is 6.33 Å². The molecule has 1 N–H and O–H groups in total. The Bertz CT molecular complexity index is 492. The number of nitrogens with zero attached hydrogens (tertiary/aromatic N) is 3. The van der Waals surface area contributed by atoms with Crippen LogP contribution < -0.4 is 0 Å². The Balaban J connectivity index is 2.58. The summed E-state index contributed by atoms with van der Waals surface area (Å²) in [6.45, 7) is 1.94. The fraction of sp³-hybridized carbons (Fsp3) is 0.111. The van der Waals surface area contributed by atoms with Gasteiger partial charge in [-0.3, -0.25) is 0 Å². The molecule has 0 aliphatic carbocycles. The van der Waals surface area contributed by atoms with Crippen LogP contribution in [0.2, 0.25) is 0 Å². The standard InChI is InChI=1S/C9H8N4S/c1-6-7(4-11-9(14)13-6)8-2-3-10-5-12-8/h2-5H,1H3,(H,11,13,14). The zero-order chi connectivity index (χ0) is 9.97. The third-order valence-electron chi connectivity index (χ3n) is 1.87. The van der Waals surface area contributed by atoms with E-state index in [1.54, 1.807) is 12.4 Å². The molecule has 0 fully saturated rings. The zero-order valence-electron chi connectivity index (χ0n) is 7.56. The quantitative estimate of drug-likeness (QED) is 0.721. The lowest BCUT2D eigenvalue weighted by atomic mass is 10.2. The van der Waals surface area contributed by atoms with Gasteiger partial charge in [0.05, 0.1) is 5.69 Å². The van der Waals surface area contributed by atoms with Gasteiger partial charge in [0, 0.05) is 23.7 Å². The highest BCUT2D eigenvalue weighted by Gasteiger charge is 2.02. The number of aromatic amines is 1. The van der Waals surface area contributed by atoms with Crippen LogP contribution in [0.15, 0.2) is 24.8 Å². The lowest BCUT2D eigenvalue weighted by Crippen LogP contribution is -1.92. The summed E-state index contributed by atoms with van der Waals surface area (Å²) in [6.07, 6.45) is 4.93. The number of H-pyrrole nitrogens is 1. The van der Waals surface area contributed by atoms with Crippen LogP contribution in [0.25, 0.3) is 11.3 Å². The van der Waals surface area contributed by atoms with E-state index in [1.807, 2.05) is 13.0 Å². The highest BCUT2D eigenvalue weighted by Crippen LogP contribution is 2.16. The van der Waals surface area contributed by atoms with E-state index in [2.05, 4.69) is 19.9 Å². The van der Waals surface area contributed by atoms with Gasteiger partial charge in [-0.25, -0.2) is 15.0 Å². The van der Waals surface area contributed by atoms with E-state index in [4.69, 9.17) is 12.2 Å². The normalized spacial score (nSPS) is 10.1. The molecule has 0 saturated heterocycles. The van der Waals surface area contributed by atoms with Gasteiger partial charge < -0.3 is 4.98 Å². The van der Waals surface area contributed by atoms with Crippen LogP contribution in [0.4, 0.5) is 0 Å². The van der Waals surface area contributed by atoms with Crippen LogP contribution in [0.1, 0.15) is 5.69 Å². The first-order valence-electron chi connectivity index (χ1n) is 4.09. The lowest BCUT2D eigenvalue weighted by Gasteiger charge is -2.02. The van der Waals surface area contributed by atoms with Gasteiger partial charge in [-0.05, 0) is 25.2 Å². The molecule has 2 heterocycles. The molecule has 4 nitrogen and oxygen atoms in total. The van der Waals surface area contributed by atoms with Gasteiger partial charge in [0.15, 0.2) is 4.77 Å². The summed E-state index contributed by atoms with van der Waals surface area (Å²) in [5.74, 6) is 0. The molecular formula is C9H8N4S. The maximum absolute atomic E-state index is 4.91. The second kappa shape index (κ2) is 3.63. The molecule has 0 aromatic carbocycles. The third-order valence-corrected chi connectivity index (χ3v) is 2.07. The first kappa shape index (κ1) is 8.96. The van der Waals surface area contributed by atoms with Crippen LogP contribution >= 0.6 is 12.2 Å². The average molecular weight is 204 g/mol. The van der Waals surface area contributed by atoms with Gasteiger partial charge in [0.1, 0.15) is 6.33 Å². The monoisotopic (exact) mass is 204 g/mol. The Labute approximate surface area is 86.1 Å². The molecule has 0 radical (unpaired) electrons. The second-order valence-electron chi connectivity index (χ2n) is 2.82. The summed E-state index contributed by atoms with van der Waals surface area (Å²) in [5.41, 5.74) is 2.75. The van der Waals surface area contributed by atoms with Crippen LogP contribution in [0, 0.1) is 11.7 Å². The smallest absolute Gasteiger partial charge is 0.196 e. The van der Waals surface area contributed by atoms with Gasteiger partial charge >= 0.3 is 0 Å². The lowest BCUT2D eigenvalue weighted by molar-refractivity contribution is 1.06. The number of aryl methyl sites for hydroxylation is 1. The molecule has 2 rings (SSSR count). The molecule has 0 amide bonds. The Kier molecular flexibility index (Phi) is 2.32. The Morgan fingerprint density at radius 1 is 1.36 bits per heavy atom. The molecule has 2 aromatic heterocycles. The summed E-state index contributed by atoms with van der Waals surface area (Å²) < 4.78 is 0.486. The molecule has 0 unspecified atom stereocenters. The van der Waals surface area contributed by atoms with Crippen LogP contribution in [-0.4, -0.2) is 19.9 Å². The van der Waals surface area contributed by atoms with Crippen LogP contribution in [0.5, 0.6) is 0 Å². The summed E-state index contributed by atoms with van der Waals surface area (Å²) in [5, 5.41) is 0. The Morgan fingerprint density at radius 3 is 2.86 bits per heavy atom. The average Bonchev–Trinajstić information content (AvgIpc) is 2.19. The number of nitrogens with one attached hydrogen (secondary N) is 1. The van der Waals surface area contributed by atoms with Crippen molar-refractivity contribution >= 4 is 12.2 Å². The maximum Gasteiger partial charge on any atom is 0.196 e. The van der Waals surface area contributed by atoms with E-state index in [9.17, 15) is 0 Å². The first-order valence-corrected chi connectivity index (χ1v) is 4.50. The van der Waals surface area contributed by atoms with E-state index in [0.717, 1.165) is 17.0 Å². The Morgan fingerprint density at radius 2 is 2.21 bits per heavy atom. The fourth-order valence-electron chi connectivity index (χ4n) is 1.19. The molecule has 2 aromatic rings. The molecule has 0 spiro atoms. The van der Waals surface area contributed by atoms with Gasteiger partial charge in [-0.2, -0.15) is 0 Å². The summed E-state index contributed by atoms with van der Waals surface area (Å²) >= 11 is 4.91. The van der Waals surface area contributed by atoms with Crippen LogP contribution in [-0.2, 0) is 0 Å². The predicted octanol–water partition coefficient (Wildman–Crippen LogP) is 1.90. The van der Waals surface area contributed by atoms with Crippen molar-refractivity contribution in [1.82, 2.24) is 19.9 Å². The van der Waals surface area contributed by atoms with Gasteiger partial charge in [0.25, 0.3) is 0 Å². The van der Waals surface area contributed by atoms with Crippen molar-refractivity contribution in [3.05, 3.63) is 35.3 Å². The van der Waals surface area contributed by atoms with Gasteiger partial charge in [-0.15, -0.1) is 0 Å². The minimum absolute atomic E-state index is 0.486. The minimum atomic E-state index is 0.486. The molecule has 0 aliphatic heterocycles. The molecule has 5 heteroatoms. The largest absolute Gasteiger partial charge is 0.334 e. The van der Waals surface area contributed by atoms with Crippen molar-refractivity contribution in [3.63, 3.8) is 0 Å². The topological polar surface area (TPSA) is 54.5 Å². The number of hydrogen-bond donors (Lipinski definition) is 1. The molecular weight excluding hydrogens is 196 g/mol. The fourth-order valence-corrected chi connectivity index (χ4v) is 1.39. The molecule has 0 saturated carbocycles. The number of hydrogen-bond acceptors (Lipinski definition) is 4. The van der Waals surface area contributed by atoms with Gasteiger partial charge in [-0.1, -0.05) is 0 Å². The highest BCUT2D eigenvalue weighted by atomic mass is 32.1. The SMILES string of the molecule is Cc1[nH]c(=S)ncc1-c1ccncn1. The van der Waals surface area contributed by atoms with Gasteiger partial charge in [0.2, 0.25) is 0 Å². The summed E-state index contributed by atoms with van der Waals surface area (Å²) in [6, 6.07) is 1.83. The van der Waals surface area contributed by atoms with Crippen molar-refractivity contribution < 1.29 is 0 Å². The van der Waals surface area contributed by atoms with E-state index in [-0.39, 0.29) is 0 Å². The van der Waals surface area contributed by atoms with Crippen LogP contribution in [0.3, 0.4) is 0 Å². The molecule has 70 valence electrons. The maximum atomic E-state index is 4.91. The van der Waals surface area contributed by atoms with Crippen molar-refractivity contribution in [1.29, 1.82) is 0 Å². The van der Waals surface area contributed by atoms with Crippen molar-refractivity contribution in [2.75, 3.05) is 0 Å². The first-order chi connectivity index (χ1) is 6.77. The number of aromatic nitrogens is 4. The van der Waals surface area contributed by atoms with E-state index >= 15 is 0 Å². The van der Waals surface area contributed by atoms with Crippen molar-refractivity contribution in [3.8, 4) is 11.3 Å². The predicted molar refractivity (Wildman–Crippen MR) is 55.2 cm³/mol. The summed E-state index contributed by atoms with van der Waals surface area (Å²) in [7, 11) is 0. The van der Waals surface area contributed by atoms with E-state index < -0.39 is 0 Å². The third kappa shape index (κ3) is 1.67. The zero-order valence-corrected chi connectivity index (χ0v) is 8.38. The van der Waals surface area contributed by atoms with E-state index in [0.29, 0.717) is 4.77 Å². The minimum Gasteiger partial charge on any atom is -0.334 e. The molecule has 0 bridgehead atoms. The molecule has 0 atom stereocenters. The molecule has 0 aliphatic rings. The van der Waals surface area contributed by atoms with Crippen molar-refractivity contribution in [2.24, 2.45) is 0 Å².